The van der Waals surface area contributed by atoms with E-state index in [-0.39, 0.29) is 61.4 Å². The molecule has 17 heteroatoms. The maximum Gasteiger partial charge on any atom is 0.394 e. The highest BCUT2D eigenvalue weighted by Crippen LogP contribution is 2.59. The smallest absolute Gasteiger partial charge is 0.394 e. The van der Waals surface area contributed by atoms with Crippen molar-refractivity contribution in [1.82, 2.24) is 24.5 Å². The summed E-state index contributed by atoms with van der Waals surface area (Å²) in [4.78, 5) is 26.5. The van der Waals surface area contributed by atoms with Gasteiger partial charge in [-0.2, -0.15) is 21.6 Å². The molecule has 5 heterocycles. The van der Waals surface area contributed by atoms with E-state index >= 15 is 0 Å². The molecule has 0 spiro atoms. The first-order chi connectivity index (χ1) is 23.1. The molecule has 4 bridgehead atoms. The minimum atomic E-state index is -4.45. The van der Waals surface area contributed by atoms with Gasteiger partial charge in [-0.1, -0.05) is 6.07 Å². The largest absolute Gasteiger partial charge is 0.477 e. The average molecular weight is 708 g/mol. The van der Waals surface area contributed by atoms with Gasteiger partial charge in [-0.3, -0.25) is 4.79 Å². The summed E-state index contributed by atoms with van der Waals surface area (Å²) >= 11 is 0. The second kappa shape index (κ2) is 13.1. The Bertz CT molecular complexity index is 1800. The SMILES string of the molecule is CC1(C)C[C@@H]2CCCN(CC(O)CO)c3cccc(n3)S(=O)(=O)NC(=O)c3ccc(-n4ccc(OCCC5(C(F)(F)F)CC5)n4)nc3N1C2. The van der Waals surface area contributed by atoms with Gasteiger partial charge in [-0.05, 0) is 82.6 Å². The van der Waals surface area contributed by atoms with Crippen LogP contribution in [-0.2, 0) is 10.0 Å². The van der Waals surface area contributed by atoms with Crippen molar-refractivity contribution in [3.63, 3.8) is 0 Å². The van der Waals surface area contributed by atoms with Gasteiger partial charge >= 0.3 is 6.18 Å². The monoisotopic (exact) mass is 707 g/mol. The maximum absolute atomic E-state index is 13.7. The minimum absolute atomic E-state index is 0.0188. The van der Waals surface area contributed by atoms with E-state index in [0.717, 1.165) is 12.8 Å². The molecule has 49 heavy (non-hydrogen) atoms. The van der Waals surface area contributed by atoms with Gasteiger partial charge in [0.25, 0.3) is 15.9 Å². The van der Waals surface area contributed by atoms with E-state index in [9.17, 15) is 36.6 Å². The van der Waals surface area contributed by atoms with Crippen molar-refractivity contribution in [2.24, 2.45) is 11.3 Å². The average Bonchev–Trinajstić information content (AvgIpc) is 3.60. The number of pyridine rings is 2. The van der Waals surface area contributed by atoms with Crippen molar-refractivity contribution in [2.75, 3.05) is 42.6 Å². The number of alkyl halides is 3. The topological polar surface area (TPSA) is 163 Å². The summed E-state index contributed by atoms with van der Waals surface area (Å²) in [5.41, 5.74) is -2.14. The molecule has 13 nitrogen and oxygen atoms in total. The fraction of sp³-hybridized carbons (Fsp3) is 0.562. The highest BCUT2D eigenvalue weighted by molar-refractivity contribution is 7.90. The number of aliphatic hydroxyl groups is 2. The number of halogens is 3. The molecule has 1 unspecified atom stereocenters. The summed E-state index contributed by atoms with van der Waals surface area (Å²) < 4.78 is 76.0. The van der Waals surface area contributed by atoms with Gasteiger partial charge < -0.3 is 24.7 Å². The van der Waals surface area contributed by atoms with Crippen molar-refractivity contribution in [2.45, 2.75) is 75.2 Å². The maximum atomic E-state index is 13.7. The van der Waals surface area contributed by atoms with Crippen LogP contribution in [-0.4, -0.2) is 95.0 Å². The van der Waals surface area contributed by atoms with Crippen LogP contribution in [0.3, 0.4) is 0 Å². The molecule has 3 N–H and O–H groups in total. The van der Waals surface area contributed by atoms with Crippen LogP contribution >= 0.6 is 0 Å². The van der Waals surface area contributed by atoms with Gasteiger partial charge in [0.2, 0.25) is 5.88 Å². The van der Waals surface area contributed by atoms with Crippen LogP contribution in [0.5, 0.6) is 5.88 Å². The molecule has 1 aliphatic carbocycles. The molecule has 266 valence electrons. The Kier molecular flexibility index (Phi) is 9.30. The first-order valence-electron chi connectivity index (χ1n) is 16.2. The number of carbonyl (C=O) groups is 1. The van der Waals surface area contributed by atoms with Crippen LogP contribution in [0.15, 0.2) is 47.6 Å². The Morgan fingerprint density at radius 2 is 1.90 bits per heavy atom. The summed E-state index contributed by atoms with van der Waals surface area (Å²) in [5.74, 6) is 0.226. The number of carbonyl (C=O) groups excluding carboxylic acids is 1. The number of anilines is 2. The summed E-state index contributed by atoms with van der Waals surface area (Å²) in [7, 11) is -4.45. The highest BCUT2D eigenvalue weighted by atomic mass is 32.2. The molecular formula is C32H40F3N7O6S. The van der Waals surface area contributed by atoms with Crippen molar-refractivity contribution < 1.29 is 41.3 Å². The quantitative estimate of drug-likeness (QED) is 0.314. The number of sulfonamides is 1. The normalized spacial score (nSPS) is 22.0. The molecule has 0 aromatic carbocycles. The van der Waals surface area contributed by atoms with Crippen molar-refractivity contribution >= 4 is 27.6 Å². The van der Waals surface area contributed by atoms with E-state index in [1.165, 1.54) is 35.0 Å². The van der Waals surface area contributed by atoms with Crippen LogP contribution in [0.4, 0.5) is 24.8 Å². The Balaban J connectivity index is 1.30. The molecule has 3 aromatic heterocycles. The minimum Gasteiger partial charge on any atom is -0.477 e. The van der Waals surface area contributed by atoms with Gasteiger partial charge in [0, 0.05) is 37.4 Å². The molecule has 1 saturated heterocycles. The lowest BCUT2D eigenvalue weighted by atomic mass is 9.93. The van der Waals surface area contributed by atoms with Gasteiger partial charge in [-0.25, -0.2) is 19.4 Å². The number of β-amino-alcohol motifs (C(OH)–C–C–N with tert-alkyl or cyclic N) is 1. The number of aromatic nitrogens is 4. The van der Waals surface area contributed by atoms with Gasteiger partial charge in [0.1, 0.15) is 11.6 Å². The predicted molar refractivity (Wildman–Crippen MR) is 172 cm³/mol. The fourth-order valence-electron chi connectivity index (χ4n) is 6.73. The van der Waals surface area contributed by atoms with Gasteiger partial charge in [-0.15, -0.1) is 5.10 Å². The summed E-state index contributed by atoms with van der Waals surface area (Å²) in [6.45, 7) is 4.42. The van der Waals surface area contributed by atoms with Crippen molar-refractivity contribution in [3.8, 4) is 11.7 Å². The van der Waals surface area contributed by atoms with Gasteiger partial charge in [0.05, 0.1) is 30.3 Å². The van der Waals surface area contributed by atoms with Crippen LogP contribution in [0, 0.1) is 11.3 Å². The van der Waals surface area contributed by atoms with Crippen LogP contribution in [0.1, 0.15) is 62.7 Å². The van der Waals surface area contributed by atoms with Gasteiger partial charge in [0.15, 0.2) is 10.8 Å². The zero-order valence-corrected chi connectivity index (χ0v) is 28.0. The van der Waals surface area contributed by atoms with E-state index in [1.807, 2.05) is 18.7 Å². The third-order valence-corrected chi connectivity index (χ3v) is 10.9. The lowest BCUT2D eigenvalue weighted by Gasteiger charge is -2.34. The van der Waals surface area contributed by atoms with E-state index in [4.69, 9.17) is 9.72 Å². The Hall–Kier alpha value is -3.96. The third-order valence-electron chi connectivity index (χ3n) is 9.62. The van der Waals surface area contributed by atoms with Crippen LogP contribution < -0.4 is 19.3 Å². The lowest BCUT2D eigenvalue weighted by molar-refractivity contribution is -0.190. The number of nitrogens with zero attached hydrogens (tertiary/aromatic N) is 6. The lowest BCUT2D eigenvalue weighted by Crippen LogP contribution is -2.41. The number of amides is 1. The number of ether oxygens (including phenoxy) is 1. The number of aliphatic hydroxyl groups excluding tert-OH is 2. The van der Waals surface area contributed by atoms with E-state index < -0.39 is 50.8 Å². The van der Waals surface area contributed by atoms with Crippen molar-refractivity contribution in [1.29, 1.82) is 0 Å². The Morgan fingerprint density at radius 3 is 2.61 bits per heavy atom. The first-order valence-corrected chi connectivity index (χ1v) is 17.7. The summed E-state index contributed by atoms with van der Waals surface area (Å²) in [5, 5.41) is 23.6. The van der Waals surface area contributed by atoms with E-state index in [1.54, 1.807) is 17.2 Å². The second-order valence-electron chi connectivity index (χ2n) is 13.7. The molecule has 0 radical (unpaired) electrons. The molecule has 2 atom stereocenters. The molecule has 6 rings (SSSR count). The molecule has 1 saturated carbocycles. The molecule has 2 fully saturated rings. The molecular weight excluding hydrogens is 667 g/mol. The Labute approximate surface area is 282 Å². The first kappa shape index (κ1) is 34.9. The number of hydrogen-bond donors (Lipinski definition) is 3. The van der Waals surface area contributed by atoms with Crippen molar-refractivity contribution in [3.05, 3.63) is 48.2 Å². The number of hydrogen-bond acceptors (Lipinski definition) is 11. The third kappa shape index (κ3) is 7.33. The summed E-state index contributed by atoms with van der Waals surface area (Å²) in [6.07, 6.45) is -1.56. The zero-order chi connectivity index (χ0) is 35.2. The molecule has 1 amide bonds. The van der Waals surface area contributed by atoms with E-state index in [2.05, 4.69) is 14.8 Å². The summed E-state index contributed by atoms with van der Waals surface area (Å²) in [6, 6.07) is 8.86. The second-order valence-corrected chi connectivity index (χ2v) is 15.3. The highest BCUT2D eigenvalue weighted by Gasteiger charge is 2.62. The molecule has 3 aromatic rings. The zero-order valence-electron chi connectivity index (χ0n) is 27.2. The molecule has 2 aliphatic heterocycles. The standard InChI is InChI=1S/C32H40F3N7O6S/c1-30(2)17-21-5-4-14-40(19-22(44)20-43)24-6-3-7-27(36-24)49(46,47)39-29(45)23-8-9-25(37-28(23)41(30)18-21)42-15-10-26(38-42)48-16-13-31(11-12-31)32(33,34)35/h3,6-10,15,21-22,43-44H,4-5,11-14,16-20H2,1-2H3,(H,39,45)/t21-,22?/m0/s1. The van der Waals surface area contributed by atoms with Crippen LogP contribution in [0.25, 0.3) is 5.82 Å². The fourth-order valence-corrected chi connectivity index (χ4v) is 7.66. The van der Waals surface area contributed by atoms with E-state index in [0.29, 0.717) is 25.3 Å². The predicted octanol–water partition coefficient (Wildman–Crippen LogP) is 3.45. The molecule has 3 aliphatic rings. The number of nitrogens with one attached hydrogen (secondary N) is 1. The Morgan fingerprint density at radius 1 is 1.12 bits per heavy atom. The number of rotatable bonds is 8. The number of fused-ring (bicyclic) bond motifs is 6. The van der Waals surface area contributed by atoms with Crippen LogP contribution in [0.2, 0.25) is 0 Å².